The van der Waals surface area contributed by atoms with E-state index in [1.807, 2.05) is 23.0 Å². The maximum absolute atomic E-state index is 5.51. The fourth-order valence-electron chi connectivity index (χ4n) is 1.30. The molecule has 0 aliphatic rings. The van der Waals surface area contributed by atoms with E-state index >= 15 is 0 Å². The normalized spacial score (nSPS) is 10.4. The molecule has 0 fully saturated rings. The van der Waals surface area contributed by atoms with Crippen molar-refractivity contribution in [1.29, 1.82) is 0 Å². The predicted octanol–water partition coefficient (Wildman–Crippen LogP) is 1.64. The van der Waals surface area contributed by atoms with E-state index in [9.17, 15) is 0 Å². The molecule has 0 bridgehead atoms. The van der Waals surface area contributed by atoms with Gasteiger partial charge in [-0.3, -0.25) is 0 Å². The molecule has 72 valence electrons. The van der Waals surface area contributed by atoms with E-state index in [0.29, 0.717) is 6.54 Å². The lowest BCUT2D eigenvalue weighted by atomic mass is 10.2. The summed E-state index contributed by atoms with van der Waals surface area (Å²) in [6.07, 6.45) is 3.74. The van der Waals surface area contributed by atoms with E-state index < -0.39 is 0 Å². The zero-order chi connectivity index (χ0) is 9.97. The van der Waals surface area contributed by atoms with Gasteiger partial charge in [0, 0.05) is 18.3 Å². The number of hydrogen-bond acceptors (Lipinski definition) is 2. The van der Waals surface area contributed by atoms with Crippen LogP contribution in [0.1, 0.15) is 11.1 Å². The van der Waals surface area contributed by atoms with Crippen molar-refractivity contribution in [2.24, 2.45) is 5.73 Å². The van der Waals surface area contributed by atoms with E-state index in [-0.39, 0.29) is 0 Å². The average Bonchev–Trinajstić information content (AvgIpc) is 2.67. The third kappa shape index (κ3) is 1.67. The first-order valence-electron chi connectivity index (χ1n) is 4.60. The molecule has 2 aromatic rings. The summed E-state index contributed by atoms with van der Waals surface area (Å²) < 4.78 is 1.83. The monoisotopic (exact) mass is 187 g/mol. The number of nitrogens with zero attached hydrogens (tertiary/aromatic N) is 2. The molecule has 0 saturated carbocycles. The summed E-state index contributed by atoms with van der Waals surface area (Å²) in [5.41, 5.74) is 8.87. The zero-order valence-corrected chi connectivity index (χ0v) is 8.14. The summed E-state index contributed by atoms with van der Waals surface area (Å²) >= 11 is 0. The summed E-state index contributed by atoms with van der Waals surface area (Å²) in [5.74, 6) is 0. The molecular weight excluding hydrogens is 174 g/mol. The van der Waals surface area contributed by atoms with Crippen LogP contribution < -0.4 is 5.73 Å². The van der Waals surface area contributed by atoms with Gasteiger partial charge >= 0.3 is 0 Å². The Hall–Kier alpha value is -1.61. The second-order valence-electron chi connectivity index (χ2n) is 3.33. The van der Waals surface area contributed by atoms with Gasteiger partial charge in [0.05, 0.1) is 11.9 Å². The minimum Gasteiger partial charge on any atom is -0.326 e. The lowest BCUT2D eigenvalue weighted by Crippen LogP contribution is -1.95. The summed E-state index contributed by atoms with van der Waals surface area (Å²) in [6, 6.07) is 8.23. The Balaban J connectivity index is 2.34. The van der Waals surface area contributed by atoms with Gasteiger partial charge in [-0.15, -0.1) is 0 Å². The van der Waals surface area contributed by atoms with Crippen molar-refractivity contribution in [3.8, 4) is 5.69 Å². The smallest absolute Gasteiger partial charge is 0.0645 e. The number of hydrogen-bond donors (Lipinski definition) is 1. The van der Waals surface area contributed by atoms with Crippen LogP contribution in [0.4, 0.5) is 0 Å². The van der Waals surface area contributed by atoms with Crippen molar-refractivity contribution in [2.75, 3.05) is 0 Å². The molecule has 3 heteroatoms. The molecule has 3 nitrogen and oxygen atoms in total. The average molecular weight is 187 g/mol. The molecule has 0 radical (unpaired) electrons. The second kappa shape index (κ2) is 3.64. The van der Waals surface area contributed by atoms with Crippen LogP contribution in [0.5, 0.6) is 0 Å². The van der Waals surface area contributed by atoms with E-state index in [1.54, 1.807) is 6.20 Å². The van der Waals surface area contributed by atoms with Crippen LogP contribution >= 0.6 is 0 Å². The first-order chi connectivity index (χ1) is 6.79. The van der Waals surface area contributed by atoms with Crippen molar-refractivity contribution in [3.05, 3.63) is 47.8 Å². The number of nitrogens with two attached hydrogens (primary N) is 1. The minimum atomic E-state index is 0.534. The van der Waals surface area contributed by atoms with Crippen LogP contribution in [0.25, 0.3) is 5.69 Å². The molecule has 1 aromatic heterocycles. The summed E-state index contributed by atoms with van der Waals surface area (Å²) in [4.78, 5) is 0. The van der Waals surface area contributed by atoms with Crippen molar-refractivity contribution in [1.82, 2.24) is 9.78 Å². The van der Waals surface area contributed by atoms with Crippen molar-refractivity contribution in [3.63, 3.8) is 0 Å². The molecule has 0 spiro atoms. The van der Waals surface area contributed by atoms with Crippen LogP contribution in [-0.2, 0) is 6.54 Å². The second-order valence-corrected chi connectivity index (χ2v) is 3.33. The van der Waals surface area contributed by atoms with Gasteiger partial charge in [0.25, 0.3) is 0 Å². The Morgan fingerprint density at radius 1 is 1.29 bits per heavy atom. The third-order valence-electron chi connectivity index (χ3n) is 2.17. The van der Waals surface area contributed by atoms with Gasteiger partial charge in [0.2, 0.25) is 0 Å². The van der Waals surface area contributed by atoms with Gasteiger partial charge in [-0.1, -0.05) is 17.7 Å². The Morgan fingerprint density at radius 2 is 2.00 bits per heavy atom. The Morgan fingerprint density at radius 3 is 2.57 bits per heavy atom. The molecule has 2 N–H and O–H groups in total. The standard InChI is InChI=1S/C11H13N3/c1-9-2-4-11(5-3-9)14-8-10(6-12)7-13-14/h2-5,7-8H,6,12H2,1H3. The number of aryl methyl sites for hydroxylation is 1. The highest BCUT2D eigenvalue weighted by Gasteiger charge is 1.98. The van der Waals surface area contributed by atoms with Crippen molar-refractivity contribution in [2.45, 2.75) is 13.5 Å². The van der Waals surface area contributed by atoms with Gasteiger partial charge in [-0.25, -0.2) is 4.68 Å². The highest BCUT2D eigenvalue weighted by atomic mass is 15.3. The van der Waals surface area contributed by atoms with Crippen LogP contribution in [0.3, 0.4) is 0 Å². The number of benzene rings is 1. The van der Waals surface area contributed by atoms with Crippen molar-refractivity contribution < 1.29 is 0 Å². The third-order valence-corrected chi connectivity index (χ3v) is 2.17. The van der Waals surface area contributed by atoms with Crippen LogP contribution in [0.15, 0.2) is 36.7 Å². The van der Waals surface area contributed by atoms with Crippen LogP contribution in [0, 0.1) is 6.92 Å². The number of rotatable bonds is 2. The van der Waals surface area contributed by atoms with Gasteiger partial charge in [-0.2, -0.15) is 5.10 Å². The lowest BCUT2D eigenvalue weighted by Gasteiger charge is -2.00. The molecule has 0 amide bonds. The van der Waals surface area contributed by atoms with E-state index in [4.69, 9.17) is 5.73 Å². The predicted molar refractivity (Wildman–Crippen MR) is 56.2 cm³/mol. The quantitative estimate of drug-likeness (QED) is 0.776. The van der Waals surface area contributed by atoms with Gasteiger partial charge in [0.15, 0.2) is 0 Å². The van der Waals surface area contributed by atoms with E-state index in [0.717, 1.165) is 11.3 Å². The van der Waals surface area contributed by atoms with Gasteiger partial charge < -0.3 is 5.73 Å². The Kier molecular flexibility index (Phi) is 2.33. The number of aromatic nitrogens is 2. The zero-order valence-electron chi connectivity index (χ0n) is 8.14. The van der Waals surface area contributed by atoms with Crippen LogP contribution in [0.2, 0.25) is 0 Å². The van der Waals surface area contributed by atoms with Crippen LogP contribution in [-0.4, -0.2) is 9.78 Å². The molecule has 0 aliphatic heterocycles. The van der Waals surface area contributed by atoms with Gasteiger partial charge in [0.1, 0.15) is 0 Å². The molecular formula is C11H13N3. The van der Waals surface area contributed by atoms with E-state index in [2.05, 4.69) is 24.2 Å². The minimum absolute atomic E-state index is 0.534. The molecule has 14 heavy (non-hydrogen) atoms. The Bertz CT molecular complexity index is 414. The highest BCUT2D eigenvalue weighted by Crippen LogP contribution is 2.09. The summed E-state index contributed by atoms with van der Waals surface area (Å²) in [6.45, 7) is 2.60. The molecule has 0 saturated heterocycles. The fourth-order valence-corrected chi connectivity index (χ4v) is 1.30. The largest absolute Gasteiger partial charge is 0.326 e. The first-order valence-corrected chi connectivity index (χ1v) is 4.60. The van der Waals surface area contributed by atoms with Gasteiger partial charge in [-0.05, 0) is 19.1 Å². The highest BCUT2D eigenvalue weighted by molar-refractivity contribution is 5.33. The van der Waals surface area contributed by atoms with E-state index in [1.165, 1.54) is 5.56 Å². The summed E-state index contributed by atoms with van der Waals surface area (Å²) in [7, 11) is 0. The molecule has 2 rings (SSSR count). The fraction of sp³-hybridized carbons (Fsp3) is 0.182. The molecule has 0 unspecified atom stereocenters. The summed E-state index contributed by atoms with van der Waals surface area (Å²) in [5, 5.41) is 4.22. The lowest BCUT2D eigenvalue weighted by molar-refractivity contribution is 0.879. The maximum atomic E-state index is 5.51. The first kappa shape index (κ1) is 8.97. The van der Waals surface area contributed by atoms with Crippen molar-refractivity contribution >= 4 is 0 Å². The maximum Gasteiger partial charge on any atom is 0.0645 e. The molecule has 0 atom stereocenters. The molecule has 0 aliphatic carbocycles. The molecule has 1 heterocycles. The molecule has 1 aromatic carbocycles. The SMILES string of the molecule is Cc1ccc(-n2cc(CN)cn2)cc1. The Labute approximate surface area is 83.2 Å². The topological polar surface area (TPSA) is 43.8 Å².